The van der Waals surface area contributed by atoms with E-state index in [0.717, 1.165) is 0 Å². The summed E-state index contributed by atoms with van der Waals surface area (Å²) in [5.41, 5.74) is -0.544. The molecule has 1 heterocycles. The van der Waals surface area contributed by atoms with Crippen LogP contribution in [0.3, 0.4) is 0 Å². The van der Waals surface area contributed by atoms with E-state index in [-0.39, 0.29) is 12.6 Å². The molecule has 0 saturated carbocycles. The molecule has 1 rings (SSSR count). The number of nitrogens with zero attached hydrogens (tertiary/aromatic N) is 1. The normalized spacial score (nSPS) is 25.6. The molecule has 0 unspecified atom stereocenters. The van der Waals surface area contributed by atoms with E-state index in [0.29, 0.717) is 6.42 Å². The molecule has 1 saturated heterocycles. The number of ether oxygens (including phenoxy) is 1. The fourth-order valence-electron chi connectivity index (χ4n) is 1.78. The zero-order valence-electron chi connectivity index (χ0n) is 10.2. The molecule has 0 bridgehead atoms. The molecule has 0 aliphatic carbocycles. The predicted octanol–water partition coefficient (Wildman–Crippen LogP) is 1.72. The smallest absolute Gasteiger partial charge is 0.410 e. The molecule has 1 N–H and O–H groups in total. The summed E-state index contributed by atoms with van der Waals surface area (Å²) in [6.45, 7) is 7.46. The molecular weight excluding hydrogens is 210 g/mol. The highest BCUT2D eigenvalue weighted by Gasteiger charge is 2.38. The van der Waals surface area contributed by atoms with Gasteiger partial charge in [-0.15, -0.1) is 0 Å². The second-order valence-corrected chi connectivity index (χ2v) is 5.25. The summed E-state index contributed by atoms with van der Waals surface area (Å²) >= 11 is 0. The van der Waals surface area contributed by atoms with Gasteiger partial charge in [-0.1, -0.05) is 0 Å². The molecule has 0 spiro atoms. The van der Waals surface area contributed by atoms with Gasteiger partial charge in [0, 0.05) is 12.6 Å². The monoisotopic (exact) mass is 229 g/mol. The van der Waals surface area contributed by atoms with Crippen molar-refractivity contribution in [1.29, 1.82) is 0 Å². The van der Waals surface area contributed by atoms with Crippen LogP contribution in [0.5, 0.6) is 0 Å². The van der Waals surface area contributed by atoms with Crippen LogP contribution in [0, 0.1) is 5.92 Å². The molecular formula is C11H19NO4. The van der Waals surface area contributed by atoms with E-state index in [1.54, 1.807) is 20.8 Å². The van der Waals surface area contributed by atoms with Gasteiger partial charge in [0.05, 0.1) is 5.92 Å². The van der Waals surface area contributed by atoms with Gasteiger partial charge in [-0.3, -0.25) is 4.79 Å². The van der Waals surface area contributed by atoms with Gasteiger partial charge >= 0.3 is 12.1 Å². The standard InChI is InChI=1S/C11H19NO4/c1-7-5-8(9(13)14)6-12(7)10(15)16-11(2,3)4/h7-8H,5-6H2,1-4H3,(H,13,14)/t7-,8+/m0/s1. The highest BCUT2D eigenvalue weighted by atomic mass is 16.6. The molecule has 2 atom stereocenters. The van der Waals surface area contributed by atoms with E-state index >= 15 is 0 Å². The van der Waals surface area contributed by atoms with Crippen LogP contribution < -0.4 is 0 Å². The number of hydrogen-bond acceptors (Lipinski definition) is 3. The first kappa shape index (κ1) is 12.8. The number of carbonyl (C=O) groups is 2. The van der Waals surface area contributed by atoms with Crippen LogP contribution in [-0.4, -0.2) is 40.3 Å². The van der Waals surface area contributed by atoms with Crippen molar-refractivity contribution in [3.63, 3.8) is 0 Å². The zero-order valence-corrected chi connectivity index (χ0v) is 10.2. The van der Waals surface area contributed by atoms with Crippen molar-refractivity contribution >= 4 is 12.1 Å². The van der Waals surface area contributed by atoms with Gasteiger partial charge in [-0.05, 0) is 34.1 Å². The third kappa shape index (κ3) is 3.12. The topological polar surface area (TPSA) is 66.8 Å². The summed E-state index contributed by atoms with van der Waals surface area (Å²) in [4.78, 5) is 24.1. The molecule has 92 valence electrons. The molecule has 0 aromatic heterocycles. The van der Waals surface area contributed by atoms with E-state index in [2.05, 4.69) is 0 Å². The van der Waals surface area contributed by atoms with Crippen LogP contribution in [0.1, 0.15) is 34.1 Å². The maximum atomic E-state index is 11.8. The van der Waals surface area contributed by atoms with E-state index in [1.165, 1.54) is 4.90 Å². The van der Waals surface area contributed by atoms with Crippen molar-refractivity contribution < 1.29 is 19.4 Å². The largest absolute Gasteiger partial charge is 0.481 e. The third-order valence-electron chi connectivity index (χ3n) is 2.55. The van der Waals surface area contributed by atoms with Crippen molar-refractivity contribution in [2.24, 2.45) is 5.92 Å². The lowest BCUT2D eigenvalue weighted by molar-refractivity contribution is -0.141. The van der Waals surface area contributed by atoms with Gasteiger partial charge in [0.25, 0.3) is 0 Å². The molecule has 1 amide bonds. The Hall–Kier alpha value is -1.26. The Morgan fingerprint density at radius 1 is 1.38 bits per heavy atom. The number of aliphatic carboxylic acids is 1. The number of carboxylic acids is 1. The maximum absolute atomic E-state index is 11.8. The lowest BCUT2D eigenvalue weighted by Gasteiger charge is -2.26. The number of rotatable bonds is 1. The minimum absolute atomic E-state index is 0.0732. The highest BCUT2D eigenvalue weighted by Crippen LogP contribution is 2.25. The number of likely N-dealkylation sites (tertiary alicyclic amines) is 1. The summed E-state index contributed by atoms with van der Waals surface area (Å²) in [5, 5.41) is 8.88. The maximum Gasteiger partial charge on any atom is 0.410 e. The molecule has 1 fully saturated rings. The van der Waals surface area contributed by atoms with Crippen LogP contribution in [0.4, 0.5) is 4.79 Å². The Morgan fingerprint density at radius 2 is 1.94 bits per heavy atom. The first-order chi connectivity index (χ1) is 7.20. The fraction of sp³-hybridized carbons (Fsp3) is 0.818. The minimum atomic E-state index is -0.849. The predicted molar refractivity (Wildman–Crippen MR) is 58.1 cm³/mol. The van der Waals surface area contributed by atoms with Crippen LogP contribution >= 0.6 is 0 Å². The summed E-state index contributed by atoms with van der Waals surface area (Å²) in [6, 6.07) is -0.0732. The lowest BCUT2D eigenvalue weighted by Crippen LogP contribution is -2.39. The Labute approximate surface area is 95.4 Å². The average molecular weight is 229 g/mol. The van der Waals surface area contributed by atoms with Crippen molar-refractivity contribution in [1.82, 2.24) is 4.90 Å². The second-order valence-electron chi connectivity index (χ2n) is 5.25. The van der Waals surface area contributed by atoms with Crippen molar-refractivity contribution in [2.75, 3.05) is 6.54 Å². The highest BCUT2D eigenvalue weighted by molar-refractivity contribution is 5.74. The third-order valence-corrected chi connectivity index (χ3v) is 2.55. The lowest BCUT2D eigenvalue weighted by atomic mass is 10.1. The molecule has 5 nitrogen and oxygen atoms in total. The fourth-order valence-corrected chi connectivity index (χ4v) is 1.78. The van der Waals surface area contributed by atoms with E-state index in [9.17, 15) is 9.59 Å². The summed E-state index contributed by atoms with van der Waals surface area (Å²) in [6.07, 6.45) is 0.0675. The molecule has 0 aromatic rings. The SMILES string of the molecule is C[C@H]1C[C@@H](C(=O)O)CN1C(=O)OC(C)(C)C. The molecule has 1 aliphatic rings. The van der Waals surface area contributed by atoms with Crippen LogP contribution in [0.15, 0.2) is 0 Å². The van der Waals surface area contributed by atoms with E-state index in [1.807, 2.05) is 6.92 Å². The number of carbonyl (C=O) groups excluding carboxylic acids is 1. The van der Waals surface area contributed by atoms with Gasteiger partial charge in [-0.25, -0.2) is 4.79 Å². The minimum Gasteiger partial charge on any atom is -0.481 e. The Balaban J connectivity index is 2.61. The first-order valence-corrected chi connectivity index (χ1v) is 5.43. The number of hydrogen-bond donors (Lipinski definition) is 1. The molecule has 5 heteroatoms. The van der Waals surface area contributed by atoms with E-state index < -0.39 is 23.6 Å². The van der Waals surface area contributed by atoms with Crippen LogP contribution in [0.2, 0.25) is 0 Å². The Morgan fingerprint density at radius 3 is 2.31 bits per heavy atom. The molecule has 0 aromatic carbocycles. The Kier molecular flexibility index (Phi) is 3.45. The summed E-state index contributed by atoms with van der Waals surface area (Å²) in [5.74, 6) is -1.32. The molecule has 0 radical (unpaired) electrons. The zero-order chi connectivity index (χ0) is 12.5. The Bertz CT molecular complexity index is 295. The quantitative estimate of drug-likeness (QED) is 0.743. The number of amides is 1. The van der Waals surface area contributed by atoms with Gasteiger partial charge in [0.15, 0.2) is 0 Å². The van der Waals surface area contributed by atoms with Crippen molar-refractivity contribution in [3.05, 3.63) is 0 Å². The summed E-state index contributed by atoms with van der Waals surface area (Å²) in [7, 11) is 0. The summed E-state index contributed by atoms with van der Waals surface area (Å²) < 4.78 is 5.21. The van der Waals surface area contributed by atoms with Gasteiger partial charge < -0.3 is 14.7 Å². The van der Waals surface area contributed by atoms with Crippen molar-refractivity contribution in [3.8, 4) is 0 Å². The average Bonchev–Trinajstić information content (AvgIpc) is 2.44. The number of carboxylic acid groups (broad SMARTS) is 1. The second kappa shape index (κ2) is 4.31. The molecule has 16 heavy (non-hydrogen) atoms. The molecule has 1 aliphatic heterocycles. The van der Waals surface area contributed by atoms with Crippen LogP contribution in [0.25, 0.3) is 0 Å². The van der Waals surface area contributed by atoms with Gasteiger partial charge in [0.1, 0.15) is 5.60 Å². The van der Waals surface area contributed by atoms with Crippen molar-refractivity contribution in [2.45, 2.75) is 45.8 Å². The first-order valence-electron chi connectivity index (χ1n) is 5.43. The van der Waals surface area contributed by atoms with Gasteiger partial charge in [-0.2, -0.15) is 0 Å². The van der Waals surface area contributed by atoms with Gasteiger partial charge in [0.2, 0.25) is 0 Å². The van der Waals surface area contributed by atoms with E-state index in [4.69, 9.17) is 9.84 Å². The van der Waals surface area contributed by atoms with Crippen LogP contribution in [-0.2, 0) is 9.53 Å².